The minimum atomic E-state index is -4.44. The van der Waals surface area contributed by atoms with E-state index in [1.165, 1.54) is 0 Å². The maximum absolute atomic E-state index is 12.5. The minimum absolute atomic E-state index is 0.0363. The molecule has 0 amide bonds. The van der Waals surface area contributed by atoms with Crippen LogP contribution >= 0.6 is 23.2 Å². The van der Waals surface area contributed by atoms with Gasteiger partial charge in [-0.25, -0.2) is 4.98 Å². The minimum Gasteiger partial charge on any atom is -0.397 e. The van der Waals surface area contributed by atoms with E-state index >= 15 is 0 Å². The second-order valence-electron chi connectivity index (χ2n) is 4.69. The van der Waals surface area contributed by atoms with Crippen molar-refractivity contribution in [1.29, 1.82) is 0 Å². The largest absolute Gasteiger partial charge is 0.419 e. The third-order valence-corrected chi connectivity index (χ3v) is 3.51. The molecule has 0 saturated heterocycles. The highest BCUT2D eigenvalue weighted by Gasteiger charge is 2.32. The van der Waals surface area contributed by atoms with Gasteiger partial charge in [0.25, 0.3) is 5.82 Å². The van der Waals surface area contributed by atoms with Crippen molar-refractivity contribution in [1.82, 2.24) is 0 Å². The molecule has 0 bridgehead atoms. The molecule has 1 aromatic heterocycles. The first-order chi connectivity index (χ1) is 10.8. The number of benzene rings is 1. The maximum atomic E-state index is 12.5. The van der Waals surface area contributed by atoms with Gasteiger partial charge in [-0.2, -0.15) is 13.2 Å². The van der Waals surface area contributed by atoms with Gasteiger partial charge in [0.05, 0.1) is 23.5 Å². The van der Waals surface area contributed by atoms with Crippen molar-refractivity contribution in [2.24, 2.45) is 0 Å². The van der Waals surface area contributed by atoms with Crippen LogP contribution < -0.4 is 21.4 Å². The highest BCUT2D eigenvalue weighted by atomic mass is 35.5. The first-order valence-electron chi connectivity index (χ1n) is 6.58. The molecular weight excluding hydrogens is 352 g/mol. The van der Waals surface area contributed by atoms with Crippen LogP contribution in [-0.2, 0) is 6.18 Å². The fourth-order valence-corrected chi connectivity index (χ4v) is 2.27. The van der Waals surface area contributed by atoms with Crippen LogP contribution in [0.4, 0.5) is 30.4 Å². The van der Waals surface area contributed by atoms with Gasteiger partial charge in [0.1, 0.15) is 17.8 Å². The molecule has 0 saturated carbocycles. The monoisotopic (exact) mass is 365 g/mol. The summed E-state index contributed by atoms with van der Waals surface area (Å²) < 4.78 is 37.6. The molecule has 23 heavy (non-hydrogen) atoms. The number of hydrogen-bond acceptors (Lipinski definition) is 3. The lowest BCUT2D eigenvalue weighted by molar-refractivity contribution is -0.364. The van der Waals surface area contributed by atoms with Crippen LogP contribution in [0.1, 0.15) is 5.56 Å². The van der Waals surface area contributed by atoms with E-state index in [-0.39, 0.29) is 5.02 Å². The predicted molar refractivity (Wildman–Crippen MR) is 85.9 cm³/mol. The summed E-state index contributed by atoms with van der Waals surface area (Å²) in [6.07, 6.45) is -3.58. The average molecular weight is 366 g/mol. The standard InChI is InChI=1S/C14H13Cl2F3N4/c15-9-1-2-12(11(20)6-9)21-3-4-22-13-10(16)5-8(7-23-13)14(17,18)19/h1-2,5-7,21H,3-4,20H2,(H,22,23)/p+1. The lowest BCUT2D eigenvalue weighted by atomic mass is 10.2. The highest BCUT2D eigenvalue weighted by Crippen LogP contribution is 2.31. The van der Waals surface area contributed by atoms with Crippen molar-refractivity contribution >= 4 is 40.4 Å². The predicted octanol–water partition coefficient (Wildman–Crippen LogP) is 3.93. The van der Waals surface area contributed by atoms with E-state index in [9.17, 15) is 13.2 Å². The zero-order chi connectivity index (χ0) is 17.0. The van der Waals surface area contributed by atoms with Crippen molar-refractivity contribution in [3.8, 4) is 0 Å². The fraction of sp³-hybridized carbons (Fsp3) is 0.214. The first-order valence-corrected chi connectivity index (χ1v) is 7.34. The molecule has 2 rings (SSSR count). The highest BCUT2D eigenvalue weighted by molar-refractivity contribution is 6.32. The Bertz CT molecular complexity index is 692. The third kappa shape index (κ3) is 4.80. The SMILES string of the molecule is Nc1cc(Cl)ccc1NCCNc1[nH+]cc(C(F)(F)F)cc1Cl. The topological polar surface area (TPSA) is 64.2 Å². The van der Waals surface area contributed by atoms with Gasteiger partial charge in [-0.05, 0) is 24.3 Å². The Morgan fingerprint density at radius 1 is 1.09 bits per heavy atom. The molecular formula is C14H14Cl2F3N4+. The number of nitrogen functional groups attached to an aromatic ring is 1. The molecule has 0 aliphatic carbocycles. The van der Waals surface area contributed by atoms with E-state index in [4.69, 9.17) is 28.9 Å². The van der Waals surface area contributed by atoms with Crippen molar-refractivity contribution in [3.63, 3.8) is 0 Å². The molecule has 5 N–H and O–H groups in total. The first kappa shape index (κ1) is 17.5. The van der Waals surface area contributed by atoms with Gasteiger partial charge in [-0.3, -0.25) is 5.32 Å². The summed E-state index contributed by atoms with van der Waals surface area (Å²) in [6.45, 7) is 0.903. The van der Waals surface area contributed by atoms with Crippen LogP contribution in [0.25, 0.3) is 0 Å². The molecule has 0 atom stereocenters. The molecule has 0 fully saturated rings. The van der Waals surface area contributed by atoms with Gasteiger partial charge in [-0.1, -0.05) is 23.2 Å². The molecule has 0 aliphatic heterocycles. The number of pyridine rings is 1. The average Bonchev–Trinajstić information content (AvgIpc) is 2.45. The van der Waals surface area contributed by atoms with E-state index in [2.05, 4.69) is 15.6 Å². The van der Waals surface area contributed by atoms with Crippen molar-refractivity contribution in [3.05, 3.63) is 46.1 Å². The summed E-state index contributed by atoms with van der Waals surface area (Å²) in [6, 6.07) is 5.94. The van der Waals surface area contributed by atoms with Gasteiger partial charge >= 0.3 is 6.18 Å². The van der Waals surface area contributed by atoms with Gasteiger partial charge < -0.3 is 11.1 Å². The number of anilines is 3. The van der Waals surface area contributed by atoms with Gasteiger partial charge in [0.15, 0.2) is 0 Å². The Morgan fingerprint density at radius 3 is 2.39 bits per heavy atom. The van der Waals surface area contributed by atoms with Crippen LogP contribution in [0.5, 0.6) is 0 Å². The van der Waals surface area contributed by atoms with Gasteiger partial charge in [0, 0.05) is 5.02 Å². The Kier molecular flexibility index (Phi) is 5.43. The van der Waals surface area contributed by atoms with Gasteiger partial charge in [0.2, 0.25) is 0 Å². The molecule has 0 radical (unpaired) electrons. The maximum Gasteiger partial charge on any atom is 0.419 e. The van der Waals surface area contributed by atoms with Crippen LogP contribution in [-0.4, -0.2) is 13.1 Å². The number of nitrogens with two attached hydrogens (primary N) is 1. The number of halogens is 5. The van der Waals surface area contributed by atoms with Crippen molar-refractivity contribution in [2.45, 2.75) is 6.18 Å². The second-order valence-corrected chi connectivity index (χ2v) is 5.54. The van der Waals surface area contributed by atoms with Crippen molar-refractivity contribution < 1.29 is 18.2 Å². The Labute approximate surface area is 140 Å². The normalized spacial score (nSPS) is 11.3. The smallest absolute Gasteiger partial charge is 0.397 e. The molecule has 1 aromatic carbocycles. The van der Waals surface area contributed by atoms with Crippen LogP contribution in [0, 0.1) is 0 Å². The second kappa shape index (κ2) is 7.14. The lowest BCUT2D eigenvalue weighted by Gasteiger charge is -2.09. The third-order valence-electron chi connectivity index (χ3n) is 2.98. The fourth-order valence-electron chi connectivity index (χ4n) is 1.85. The van der Waals surface area contributed by atoms with E-state index < -0.39 is 11.7 Å². The van der Waals surface area contributed by atoms with Crippen LogP contribution in [0.15, 0.2) is 30.5 Å². The summed E-state index contributed by atoms with van der Waals surface area (Å²) in [5.74, 6) is 0.311. The van der Waals surface area contributed by atoms with Crippen molar-refractivity contribution in [2.75, 3.05) is 29.5 Å². The number of hydrogen-bond donors (Lipinski definition) is 3. The zero-order valence-corrected chi connectivity index (χ0v) is 13.3. The number of nitrogens with one attached hydrogen (secondary N) is 3. The lowest BCUT2D eigenvalue weighted by Crippen LogP contribution is -2.21. The van der Waals surface area contributed by atoms with Crippen LogP contribution in [0.3, 0.4) is 0 Å². The molecule has 9 heteroatoms. The summed E-state index contributed by atoms with van der Waals surface area (Å²) in [5, 5.41) is 6.49. The molecule has 0 aliphatic rings. The molecule has 4 nitrogen and oxygen atoms in total. The summed E-state index contributed by atoms with van der Waals surface area (Å²) in [7, 11) is 0. The molecule has 1 heterocycles. The van der Waals surface area contributed by atoms with Crippen LogP contribution in [0.2, 0.25) is 10.0 Å². The van der Waals surface area contributed by atoms with E-state index in [0.29, 0.717) is 29.6 Å². The summed E-state index contributed by atoms with van der Waals surface area (Å²) in [4.78, 5) is 2.50. The number of alkyl halides is 3. The number of aromatic nitrogens is 1. The summed E-state index contributed by atoms with van der Waals surface area (Å²) >= 11 is 11.6. The number of rotatable bonds is 5. The van der Waals surface area contributed by atoms with Gasteiger partial charge in [-0.15, -0.1) is 0 Å². The van der Waals surface area contributed by atoms with E-state index in [1.54, 1.807) is 18.2 Å². The molecule has 2 aromatic rings. The number of aromatic amines is 1. The zero-order valence-electron chi connectivity index (χ0n) is 11.8. The molecule has 124 valence electrons. The Hall–Kier alpha value is -1.86. The van der Waals surface area contributed by atoms with E-state index in [1.807, 2.05) is 0 Å². The molecule has 0 spiro atoms. The molecule has 0 unspecified atom stereocenters. The quantitative estimate of drug-likeness (QED) is 0.555. The Morgan fingerprint density at radius 2 is 1.78 bits per heavy atom. The van der Waals surface area contributed by atoms with E-state index in [0.717, 1.165) is 18.0 Å². The Balaban J connectivity index is 1.89. The number of H-pyrrole nitrogens is 1. The summed E-state index contributed by atoms with van der Waals surface area (Å²) in [5.41, 5.74) is 6.19.